The molecular weight excluding hydrogens is 398 g/mol. The lowest BCUT2D eigenvalue weighted by molar-refractivity contribution is 0.0289. The number of halogens is 2. The van der Waals surface area contributed by atoms with Gasteiger partial charge in [0, 0.05) is 8.86 Å². The maximum Gasteiger partial charge on any atom is 0.00606 e. The number of alkyl halides is 2. The number of rotatable bonds is 2. The normalized spacial score (nSPS) is 42.1. The van der Waals surface area contributed by atoms with Crippen LogP contribution < -0.4 is 0 Å². The summed E-state index contributed by atoms with van der Waals surface area (Å²) in [6, 6.07) is 0. The molecule has 0 bridgehead atoms. The molecule has 2 heteroatoms. The standard InChI is InChI=1S/C12H18I2/c13-9-11-5-1-2-6-12(11,10-14)8-4-3-7-11/h1-2H,3-10H2. The van der Waals surface area contributed by atoms with Crippen molar-refractivity contribution in [2.24, 2.45) is 10.8 Å². The maximum absolute atomic E-state index is 2.63. The summed E-state index contributed by atoms with van der Waals surface area (Å²) in [5.41, 5.74) is 1.31. The molecule has 80 valence electrons. The van der Waals surface area contributed by atoms with Crippen LogP contribution in [0.5, 0.6) is 0 Å². The fourth-order valence-corrected chi connectivity index (χ4v) is 6.24. The largest absolute Gasteiger partial charge is 0.0879 e. The summed E-state index contributed by atoms with van der Waals surface area (Å²) in [5.74, 6) is 0. The molecule has 1 fully saturated rings. The van der Waals surface area contributed by atoms with Crippen molar-refractivity contribution in [1.29, 1.82) is 0 Å². The third-order valence-electron chi connectivity index (χ3n) is 4.38. The first-order valence-electron chi connectivity index (χ1n) is 5.56. The van der Waals surface area contributed by atoms with Gasteiger partial charge in [-0.2, -0.15) is 0 Å². The van der Waals surface area contributed by atoms with Gasteiger partial charge >= 0.3 is 0 Å². The minimum absolute atomic E-state index is 0.655. The molecule has 2 aliphatic carbocycles. The highest BCUT2D eigenvalue weighted by atomic mass is 127. The second-order valence-electron chi connectivity index (χ2n) is 4.91. The Morgan fingerprint density at radius 2 is 1.29 bits per heavy atom. The molecule has 0 saturated heterocycles. The summed E-state index contributed by atoms with van der Waals surface area (Å²) < 4.78 is 2.72. The van der Waals surface area contributed by atoms with Crippen molar-refractivity contribution in [3.63, 3.8) is 0 Å². The second kappa shape index (κ2) is 4.60. The first-order chi connectivity index (χ1) is 6.79. The van der Waals surface area contributed by atoms with Crippen molar-refractivity contribution in [3.05, 3.63) is 12.2 Å². The van der Waals surface area contributed by atoms with Crippen LogP contribution in [0.25, 0.3) is 0 Å². The van der Waals surface area contributed by atoms with Gasteiger partial charge in [0.2, 0.25) is 0 Å². The Morgan fingerprint density at radius 1 is 0.857 bits per heavy atom. The Bertz CT molecular complexity index is 212. The van der Waals surface area contributed by atoms with Crippen LogP contribution in [-0.2, 0) is 0 Å². The van der Waals surface area contributed by atoms with Crippen molar-refractivity contribution in [2.45, 2.75) is 38.5 Å². The molecule has 0 aromatic rings. The summed E-state index contributed by atoms with van der Waals surface area (Å²) in [7, 11) is 0. The van der Waals surface area contributed by atoms with E-state index >= 15 is 0 Å². The molecule has 0 nitrogen and oxygen atoms in total. The van der Waals surface area contributed by atoms with Crippen LogP contribution in [0.2, 0.25) is 0 Å². The van der Waals surface area contributed by atoms with Crippen molar-refractivity contribution >= 4 is 45.2 Å². The van der Waals surface area contributed by atoms with E-state index in [-0.39, 0.29) is 0 Å². The quantitative estimate of drug-likeness (QED) is 0.346. The Labute approximate surface area is 115 Å². The van der Waals surface area contributed by atoms with Gasteiger partial charge in [0.15, 0.2) is 0 Å². The molecule has 0 spiro atoms. The lowest BCUT2D eigenvalue weighted by Gasteiger charge is -2.54. The Kier molecular flexibility index (Phi) is 3.83. The van der Waals surface area contributed by atoms with Crippen LogP contribution in [0.1, 0.15) is 38.5 Å². The molecule has 2 atom stereocenters. The molecule has 14 heavy (non-hydrogen) atoms. The average Bonchev–Trinajstić information content (AvgIpc) is 2.28. The first-order valence-corrected chi connectivity index (χ1v) is 8.61. The van der Waals surface area contributed by atoms with E-state index in [0.29, 0.717) is 10.8 Å². The third kappa shape index (κ3) is 1.68. The van der Waals surface area contributed by atoms with Crippen LogP contribution in [0.3, 0.4) is 0 Å². The van der Waals surface area contributed by atoms with Crippen molar-refractivity contribution < 1.29 is 0 Å². The van der Waals surface area contributed by atoms with Gasteiger partial charge in [0.25, 0.3) is 0 Å². The smallest absolute Gasteiger partial charge is 0.00606 e. The third-order valence-corrected chi connectivity index (χ3v) is 7.30. The SMILES string of the molecule is ICC12CC=CCC1(CI)CCCC2. The zero-order valence-electron chi connectivity index (χ0n) is 8.57. The van der Waals surface area contributed by atoms with E-state index in [1.807, 2.05) is 0 Å². The van der Waals surface area contributed by atoms with Crippen molar-refractivity contribution in [1.82, 2.24) is 0 Å². The number of hydrogen-bond acceptors (Lipinski definition) is 0. The van der Waals surface area contributed by atoms with E-state index in [1.165, 1.54) is 47.4 Å². The molecule has 0 aromatic carbocycles. The first kappa shape index (κ1) is 11.7. The van der Waals surface area contributed by atoms with Crippen LogP contribution >= 0.6 is 45.2 Å². The van der Waals surface area contributed by atoms with E-state index in [0.717, 1.165) is 0 Å². The fraction of sp³-hybridized carbons (Fsp3) is 0.833. The van der Waals surface area contributed by atoms with Gasteiger partial charge in [-0.3, -0.25) is 0 Å². The lowest BCUT2D eigenvalue weighted by Crippen LogP contribution is -2.48. The summed E-state index contributed by atoms with van der Waals surface area (Å²) >= 11 is 5.26. The van der Waals surface area contributed by atoms with Crippen LogP contribution in [-0.4, -0.2) is 8.86 Å². The van der Waals surface area contributed by atoms with Crippen molar-refractivity contribution in [2.75, 3.05) is 8.86 Å². The van der Waals surface area contributed by atoms with Crippen LogP contribution in [0.15, 0.2) is 12.2 Å². The summed E-state index contributed by atoms with van der Waals surface area (Å²) in [6.45, 7) is 0. The molecule has 0 amide bonds. The highest BCUT2D eigenvalue weighted by Gasteiger charge is 2.50. The molecule has 2 rings (SSSR count). The topological polar surface area (TPSA) is 0 Å². The highest BCUT2D eigenvalue weighted by Crippen LogP contribution is 2.58. The second-order valence-corrected chi connectivity index (χ2v) is 6.44. The molecular formula is C12H18I2. The summed E-state index contributed by atoms with van der Waals surface area (Å²) in [5, 5.41) is 0. The van der Waals surface area contributed by atoms with Crippen LogP contribution in [0.4, 0.5) is 0 Å². The Balaban J connectivity index is 2.33. The monoisotopic (exact) mass is 416 g/mol. The Hall–Kier alpha value is 1.20. The number of hydrogen-bond donors (Lipinski definition) is 0. The zero-order chi connectivity index (χ0) is 10.1. The van der Waals surface area contributed by atoms with E-state index in [1.54, 1.807) is 0 Å². The van der Waals surface area contributed by atoms with Gasteiger partial charge in [-0.05, 0) is 36.5 Å². The predicted octanol–water partition coefficient (Wildman–Crippen LogP) is 4.75. The van der Waals surface area contributed by atoms with Gasteiger partial charge in [0.05, 0.1) is 0 Å². The summed E-state index contributed by atoms with van der Waals surface area (Å²) in [6.07, 6.45) is 13.5. The van der Waals surface area contributed by atoms with E-state index < -0.39 is 0 Å². The maximum atomic E-state index is 2.63. The lowest BCUT2D eigenvalue weighted by atomic mass is 9.53. The minimum Gasteiger partial charge on any atom is -0.0879 e. The van der Waals surface area contributed by atoms with Gasteiger partial charge in [-0.25, -0.2) is 0 Å². The molecule has 0 aromatic heterocycles. The molecule has 0 N–H and O–H groups in total. The zero-order valence-corrected chi connectivity index (χ0v) is 12.9. The highest BCUT2D eigenvalue weighted by molar-refractivity contribution is 14.1. The van der Waals surface area contributed by atoms with Crippen molar-refractivity contribution in [3.8, 4) is 0 Å². The van der Waals surface area contributed by atoms with Crippen LogP contribution in [0, 0.1) is 10.8 Å². The van der Waals surface area contributed by atoms with Gasteiger partial charge in [0.1, 0.15) is 0 Å². The van der Waals surface area contributed by atoms with Gasteiger partial charge in [-0.15, -0.1) is 0 Å². The van der Waals surface area contributed by atoms with E-state index in [4.69, 9.17) is 0 Å². The van der Waals surface area contributed by atoms with Gasteiger partial charge < -0.3 is 0 Å². The average molecular weight is 416 g/mol. The fourth-order valence-electron chi connectivity index (χ4n) is 3.24. The Morgan fingerprint density at radius 3 is 1.64 bits per heavy atom. The van der Waals surface area contributed by atoms with E-state index in [2.05, 4.69) is 57.3 Å². The number of allylic oxidation sites excluding steroid dienone is 2. The molecule has 2 unspecified atom stereocenters. The predicted molar refractivity (Wildman–Crippen MR) is 79.5 cm³/mol. The molecule has 2 aliphatic rings. The minimum atomic E-state index is 0.655. The molecule has 0 heterocycles. The number of fused-ring (bicyclic) bond motifs is 1. The molecule has 0 radical (unpaired) electrons. The molecule has 0 aliphatic heterocycles. The molecule has 1 saturated carbocycles. The van der Waals surface area contributed by atoms with E-state index in [9.17, 15) is 0 Å². The summed E-state index contributed by atoms with van der Waals surface area (Å²) in [4.78, 5) is 0. The van der Waals surface area contributed by atoms with Gasteiger partial charge in [-0.1, -0.05) is 70.2 Å².